The molecule has 7 heteroatoms. The van der Waals surface area contributed by atoms with Crippen LogP contribution in [0.3, 0.4) is 0 Å². The van der Waals surface area contributed by atoms with E-state index in [1.807, 2.05) is 36.4 Å². The van der Waals surface area contributed by atoms with Crippen molar-refractivity contribution in [1.29, 1.82) is 0 Å². The fourth-order valence-corrected chi connectivity index (χ4v) is 2.59. The van der Waals surface area contributed by atoms with Crippen LogP contribution >= 0.6 is 0 Å². The number of amides is 2. The fraction of sp³-hybridized carbons (Fsp3) is 0.182. The molecule has 3 rings (SSSR count). The van der Waals surface area contributed by atoms with Crippen molar-refractivity contribution in [3.63, 3.8) is 0 Å². The summed E-state index contributed by atoms with van der Waals surface area (Å²) in [6, 6.07) is 20.3. The molecule has 0 saturated heterocycles. The van der Waals surface area contributed by atoms with E-state index in [0.29, 0.717) is 17.2 Å². The molecule has 0 radical (unpaired) electrons. The molecule has 3 aromatic rings. The number of hydrazine groups is 1. The van der Waals surface area contributed by atoms with E-state index >= 15 is 0 Å². The summed E-state index contributed by atoms with van der Waals surface area (Å²) in [6.45, 7) is 1.36. The molecule has 0 fully saturated rings. The Bertz CT molecular complexity index is 988. The Kier molecular flexibility index (Phi) is 6.52. The summed E-state index contributed by atoms with van der Waals surface area (Å²) in [7, 11) is 1.57. The lowest BCUT2D eigenvalue weighted by molar-refractivity contribution is -0.133. The van der Waals surface area contributed by atoms with Gasteiger partial charge in [0.15, 0.2) is 12.7 Å². The Morgan fingerprint density at radius 2 is 1.52 bits per heavy atom. The lowest BCUT2D eigenvalue weighted by atomic mass is 10.1. The van der Waals surface area contributed by atoms with Crippen LogP contribution in [0.5, 0.6) is 17.2 Å². The molecule has 29 heavy (non-hydrogen) atoms. The van der Waals surface area contributed by atoms with E-state index in [2.05, 4.69) is 10.9 Å². The SMILES string of the molecule is COc1ccc(OCC(=O)NNC(=O)[C@@H](C)Oc2ccc3ccccc3c2)cc1. The van der Waals surface area contributed by atoms with Gasteiger partial charge in [0.1, 0.15) is 17.2 Å². The maximum Gasteiger partial charge on any atom is 0.279 e. The Hall–Kier alpha value is -3.74. The number of fused-ring (bicyclic) bond motifs is 1. The van der Waals surface area contributed by atoms with Crippen LogP contribution in [0, 0.1) is 0 Å². The van der Waals surface area contributed by atoms with Crippen molar-refractivity contribution in [1.82, 2.24) is 10.9 Å². The predicted octanol–water partition coefficient (Wildman–Crippen LogP) is 2.84. The number of rotatable bonds is 7. The zero-order chi connectivity index (χ0) is 20.6. The van der Waals surface area contributed by atoms with Crippen molar-refractivity contribution in [2.24, 2.45) is 0 Å². The number of hydrogen-bond acceptors (Lipinski definition) is 5. The maximum absolute atomic E-state index is 12.2. The number of carbonyl (C=O) groups excluding carboxylic acids is 2. The molecule has 3 aromatic carbocycles. The lowest BCUT2D eigenvalue weighted by Gasteiger charge is -2.15. The molecule has 1 atom stereocenters. The molecule has 7 nitrogen and oxygen atoms in total. The van der Waals surface area contributed by atoms with Crippen LogP contribution in [0.15, 0.2) is 66.7 Å². The first kappa shape index (κ1) is 20.0. The molecule has 0 heterocycles. The summed E-state index contributed by atoms with van der Waals surface area (Å²) in [5.41, 5.74) is 4.63. The topological polar surface area (TPSA) is 85.9 Å². The number of nitrogens with one attached hydrogen (secondary N) is 2. The van der Waals surface area contributed by atoms with Gasteiger partial charge in [0.2, 0.25) is 0 Å². The monoisotopic (exact) mass is 394 g/mol. The number of ether oxygens (including phenoxy) is 3. The first-order chi connectivity index (χ1) is 14.0. The third-order valence-corrected chi connectivity index (χ3v) is 4.16. The Morgan fingerprint density at radius 1 is 0.862 bits per heavy atom. The van der Waals surface area contributed by atoms with Crippen molar-refractivity contribution >= 4 is 22.6 Å². The summed E-state index contributed by atoms with van der Waals surface area (Å²) in [5, 5.41) is 2.10. The van der Waals surface area contributed by atoms with Gasteiger partial charge in [-0.05, 0) is 54.1 Å². The van der Waals surface area contributed by atoms with Crippen LogP contribution in [0.2, 0.25) is 0 Å². The molecule has 0 unspecified atom stereocenters. The standard InChI is InChI=1S/C22H22N2O5/c1-15(29-20-8-7-16-5-3-4-6-17(16)13-20)22(26)24-23-21(25)14-28-19-11-9-18(27-2)10-12-19/h3-13,15H,14H2,1-2H3,(H,23,25)(H,24,26)/t15-/m1/s1. The molecule has 0 spiro atoms. The van der Waals surface area contributed by atoms with Gasteiger partial charge in [-0.15, -0.1) is 0 Å². The Labute approximate surface area is 168 Å². The van der Waals surface area contributed by atoms with Gasteiger partial charge in [0, 0.05) is 0 Å². The Balaban J connectivity index is 1.44. The minimum atomic E-state index is -0.793. The minimum Gasteiger partial charge on any atom is -0.497 e. The molecule has 150 valence electrons. The number of methoxy groups -OCH3 is 1. The number of carbonyl (C=O) groups is 2. The summed E-state index contributed by atoms with van der Waals surface area (Å²) >= 11 is 0. The van der Waals surface area contributed by atoms with Gasteiger partial charge in [-0.25, -0.2) is 0 Å². The first-order valence-corrected chi connectivity index (χ1v) is 9.06. The normalized spacial score (nSPS) is 11.4. The number of benzene rings is 3. The largest absolute Gasteiger partial charge is 0.497 e. The van der Waals surface area contributed by atoms with E-state index < -0.39 is 17.9 Å². The average molecular weight is 394 g/mol. The van der Waals surface area contributed by atoms with Crippen LogP contribution in [-0.4, -0.2) is 31.6 Å². The second-order valence-electron chi connectivity index (χ2n) is 6.27. The van der Waals surface area contributed by atoms with Gasteiger partial charge >= 0.3 is 0 Å². The summed E-state index contributed by atoms with van der Waals surface area (Å²) in [6.07, 6.45) is -0.793. The molecule has 2 amide bonds. The summed E-state index contributed by atoms with van der Waals surface area (Å²) in [4.78, 5) is 24.0. The molecule has 0 bridgehead atoms. The van der Waals surface area contributed by atoms with Crippen molar-refractivity contribution in [3.8, 4) is 17.2 Å². The van der Waals surface area contributed by atoms with Crippen LogP contribution in [0.4, 0.5) is 0 Å². The highest BCUT2D eigenvalue weighted by Crippen LogP contribution is 2.21. The molecule has 0 saturated carbocycles. The maximum atomic E-state index is 12.2. The van der Waals surface area contributed by atoms with Gasteiger partial charge in [-0.2, -0.15) is 0 Å². The van der Waals surface area contributed by atoms with E-state index in [4.69, 9.17) is 14.2 Å². The van der Waals surface area contributed by atoms with E-state index in [0.717, 1.165) is 10.8 Å². The minimum absolute atomic E-state index is 0.244. The third kappa shape index (κ3) is 5.62. The highest BCUT2D eigenvalue weighted by Gasteiger charge is 2.15. The average Bonchev–Trinajstić information content (AvgIpc) is 2.76. The highest BCUT2D eigenvalue weighted by molar-refractivity contribution is 5.86. The van der Waals surface area contributed by atoms with E-state index in [1.165, 1.54) is 0 Å². The van der Waals surface area contributed by atoms with Crippen molar-refractivity contribution in [2.45, 2.75) is 13.0 Å². The summed E-state index contributed by atoms with van der Waals surface area (Å²) in [5.74, 6) is 0.804. The van der Waals surface area contributed by atoms with E-state index in [9.17, 15) is 9.59 Å². The smallest absolute Gasteiger partial charge is 0.279 e. The number of hydrogen-bond donors (Lipinski definition) is 2. The van der Waals surface area contributed by atoms with Crippen LogP contribution < -0.4 is 25.1 Å². The Morgan fingerprint density at radius 3 is 2.24 bits per heavy atom. The molecule has 0 aliphatic heterocycles. The third-order valence-electron chi connectivity index (χ3n) is 4.16. The molecular weight excluding hydrogens is 372 g/mol. The first-order valence-electron chi connectivity index (χ1n) is 9.06. The van der Waals surface area contributed by atoms with Crippen LogP contribution in [-0.2, 0) is 9.59 Å². The van der Waals surface area contributed by atoms with Gasteiger partial charge < -0.3 is 14.2 Å². The van der Waals surface area contributed by atoms with E-state index in [-0.39, 0.29) is 6.61 Å². The molecule has 0 aliphatic carbocycles. The van der Waals surface area contributed by atoms with Crippen LogP contribution in [0.1, 0.15) is 6.92 Å². The zero-order valence-electron chi connectivity index (χ0n) is 16.2. The van der Waals surface area contributed by atoms with Gasteiger partial charge in [-0.1, -0.05) is 30.3 Å². The van der Waals surface area contributed by atoms with E-state index in [1.54, 1.807) is 44.4 Å². The predicted molar refractivity (Wildman–Crippen MR) is 109 cm³/mol. The van der Waals surface area contributed by atoms with Crippen molar-refractivity contribution in [2.75, 3.05) is 13.7 Å². The zero-order valence-corrected chi connectivity index (χ0v) is 16.2. The molecule has 0 aliphatic rings. The quantitative estimate of drug-likeness (QED) is 0.602. The van der Waals surface area contributed by atoms with Gasteiger partial charge in [-0.3, -0.25) is 20.4 Å². The molecular formula is C22H22N2O5. The van der Waals surface area contributed by atoms with Crippen molar-refractivity contribution in [3.05, 3.63) is 66.7 Å². The second kappa shape index (κ2) is 9.45. The van der Waals surface area contributed by atoms with Gasteiger partial charge in [0.25, 0.3) is 11.8 Å². The highest BCUT2D eigenvalue weighted by atomic mass is 16.5. The molecule has 0 aromatic heterocycles. The molecule has 2 N–H and O–H groups in total. The van der Waals surface area contributed by atoms with Crippen LogP contribution in [0.25, 0.3) is 10.8 Å². The van der Waals surface area contributed by atoms with Crippen molar-refractivity contribution < 1.29 is 23.8 Å². The van der Waals surface area contributed by atoms with Gasteiger partial charge in [0.05, 0.1) is 7.11 Å². The fourth-order valence-electron chi connectivity index (χ4n) is 2.59. The lowest BCUT2D eigenvalue weighted by Crippen LogP contribution is -2.48. The second-order valence-corrected chi connectivity index (χ2v) is 6.27. The summed E-state index contributed by atoms with van der Waals surface area (Å²) < 4.78 is 16.1.